The van der Waals surface area contributed by atoms with Gasteiger partial charge in [-0.2, -0.15) is 5.26 Å². The maximum Gasteiger partial charge on any atom is 0.0979 e. The molecule has 2 aromatic carbocycles. The molecule has 0 amide bonds. The highest BCUT2D eigenvalue weighted by molar-refractivity contribution is 5.51. The van der Waals surface area contributed by atoms with Crippen LogP contribution in [-0.4, -0.2) is 18.0 Å². The van der Waals surface area contributed by atoms with Crippen molar-refractivity contribution in [1.29, 1.82) is 5.26 Å². The standard InChI is InChI=1S/C19H19N3/c20-13-17-15-22(14-16-7-3-1-4-8-16)12-11-19(17)21-18-9-5-2-6-10-18/h1-10,21H,11-12,14-15H2. The molecule has 0 spiro atoms. The first-order chi connectivity index (χ1) is 10.8. The van der Waals surface area contributed by atoms with Crippen LogP contribution in [0.3, 0.4) is 0 Å². The maximum absolute atomic E-state index is 9.45. The zero-order valence-corrected chi connectivity index (χ0v) is 12.5. The number of nitrogens with zero attached hydrogens (tertiary/aromatic N) is 2. The summed E-state index contributed by atoms with van der Waals surface area (Å²) in [6.07, 6.45) is 0.880. The highest BCUT2D eigenvalue weighted by Gasteiger charge is 2.19. The molecular weight excluding hydrogens is 270 g/mol. The van der Waals surface area contributed by atoms with Crippen molar-refractivity contribution < 1.29 is 0 Å². The molecule has 1 N–H and O–H groups in total. The van der Waals surface area contributed by atoms with Crippen molar-refractivity contribution in [2.75, 3.05) is 18.4 Å². The molecule has 0 saturated heterocycles. The lowest BCUT2D eigenvalue weighted by molar-refractivity contribution is 0.281. The topological polar surface area (TPSA) is 39.1 Å². The molecule has 0 unspecified atom stereocenters. The van der Waals surface area contributed by atoms with Crippen molar-refractivity contribution in [3.8, 4) is 6.07 Å². The fourth-order valence-electron chi connectivity index (χ4n) is 2.73. The van der Waals surface area contributed by atoms with Crippen LogP contribution in [-0.2, 0) is 6.54 Å². The van der Waals surface area contributed by atoms with Crippen LogP contribution in [0.25, 0.3) is 0 Å². The van der Waals surface area contributed by atoms with Gasteiger partial charge in [-0.3, -0.25) is 4.90 Å². The summed E-state index contributed by atoms with van der Waals surface area (Å²) in [5, 5.41) is 12.8. The normalized spacial score (nSPS) is 15.4. The third kappa shape index (κ3) is 3.55. The number of rotatable bonds is 4. The molecule has 110 valence electrons. The average molecular weight is 289 g/mol. The molecule has 3 nitrogen and oxygen atoms in total. The Hall–Kier alpha value is -2.57. The molecule has 0 atom stereocenters. The predicted molar refractivity (Wildman–Crippen MR) is 89.0 cm³/mol. The monoisotopic (exact) mass is 289 g/mol. The van der Waals surface area contributed by atoms with Gasteiger partial charge in [-0.25, -0.2) is 0 Å². The molecule has 3 rings (SSSR count). The van der Waals surface area contributed by atoms with E-state index in [0.29, 0.717) is 6.54 Å². The molecule has 0 fully saturated rings. The van der Waals surface area contributed by atoms with Crippen LogP contribution in [0.5, 0.6) is 0 Å². The molecule has 1 aliphatic heterocycles. The van der Waals surface area contributed by atoms with Gasteiger partial charge in [-0.05, 0) is 17.7 Å². The number of nitriles is 1. The van der Waals surface area contributed by atoms with E-state index in [1.807, 2.05) is 36.4 Å². The maximum atomic E-state index is 9.45. The summed E-state index contributed by atoms with van der Waals surface area (Å²) in [7, 11) is 0. The van der Waals surface area contributed by atoms with E-state index >= 15 is 0 Å². The second kappa shape index (κ2) is 6.93. The molecule has 22 heavy (non-hydrogen) atoms. The van der Waals surface area contributed by atoms with Crippen molar-refractivity contribution in [2.45, 2.75) is 13.0 Å². The second-order valence-electron chi connectivity index (χ2n) is 5.51. The minimum absolute atomic E-state index is 0.709. The Kier molecular flexibility index (Phi) is 4.53. The molecule has 1 aliphatic rings. The lowest BCUT2D eigenvalue weighted by Gasteiger charge is -2.29. The van der Waals surface area contributed by atoms with Gasteiger partial charge in [0.15, 0.2) is 0 Å². The van der Waals surface area contributed by atoms with Crippen LogP contribution in [0.4, 0.5) is 5.69 Å². The fourth-order valence-corrected chi connectivity index (χ4v) is 2.73. The van der Waals surface area contributed by atoms with Crippen LogP contribution in [0.1, 0.15) is 12.0 Å². The van der Waals surface area contributed by atoms with Gasteiger partial charge in [0.1, 0.15) is 0 Å². The Balaban J connectivity index is 1.69. The van der Waals surface area contributed by atoms with E-state index in [4.69, 9.17) is 0 Å². The van der Waals surface area contributed by atoms with Crippen molar-refractivity contribution in [1.82, 2.24) is 4.90 Å². The highest BCUT2D eigenvalue weighted by atomic mass is 15.1. The minimum Gasteiger partial charge on any atom is -0.358 e. The molecule has 3 heteroatoms. The third-order valence-corrected chi connectivity index (χ3v) is 3.88. The Morgan fingerprint density at radius 1 is 1.00 bits per heavy atom. The average Bonchev–Trinajstić information content (AvgIpc) is 2.58. The molecular formula is C19H19N3. The molecule has 0 saturated carbocycles. The van der Waals surface area contributed by atoms with Crippen molar-refractivity contribution in [3.05, 3.63) is 77.5 Å². The van der Waals surface area contributed by atoms with Crippen molar-refractivity contribution >= 4 is 5.69 Å². The molecule has 0 aliphatic carbocycles. The summed E-state index contributed by atoms with van der Waals surface area (Å²) in [4.78, 5) is 2.32. The summed E-state index contributed by atoms with van der Waals surface area (Å²) in [6.45, 7) is 2.57. The van der Waals surface area contributed by atoms with E-state index in [1.165, 1.54) is 5.56 Å². The smallest absolute Gasteiger partial charge is 0.0979 e. The molecule has 0 aromatic heterocycles. The molecule has 0 bridgehead atoms. The summed E-state index contributed by atoms with van der Waals surface area (Å²) in [5.41, 5.74) is 4.23. The number of hydrogen-bond acceptors (Lipinski definition) is 3. The Morgan fingerprint density at radius 2 is 1.68 bits per heavy atom. The van der Waals surface area contributed by atoms with E-state index in [-0.39, 0.29) is 0 Å². The first-order valence-corrected chi connectivity index (χ1v) is 7.55. The van der Waals surface area contributed by atoms with Crippen LogP contribution in [0.15, 0.2) is 71.9 Å². The lowest BCUT2D eigenvalue weighted by Crippen LogP contribution is -2.32. The Labute approximate surface area is 131 Å². The number of nitrogens with one attached hydrogen (secondary N) is 1. The van der Waals surface area contributed by atoms with E-state index in [0.717, 1.165) is 36.5 Å². The third-order valence-electron chi connectivity index (χ3n) is 3.88. The number of anilines is 1. The zero-order chi connectivity index (χ0) is 15.2. The van der Waals surface area contributed by atoms with Crippen molar-refractivity contribution in [2.24, 2.45) is 0 Å². The van der Waals surface area contributed by atoms with Crippen LogP contribution in [0.2, 0.25) is 0 Å². The van der Waals surface area contributed by atoms with Gasteiger partial charge in [0.2, 0.25) is 0 Å². The Morgan fingerprint density at radius 3 is 2.36 bits per heavy atom. The lowest BCUT2D eigenvalue weighted by atomic mass is 10.1. The van der Waals surface area contributed by atoms with E-state index in [1.54, 1.807) is 0 Å². The summed E-state index contributed by atoms with van der Waals surface area (Å²) < 4.78 is 0. The molecule has 1 heterocycles. The van der Waals surface area contributed by atoms with Gasteiger partial charge >= 0.3 is 0 Å². The number of hydrogen-bond donors (Lipinski definition) is 1. The minimum atomic E-state index is 0.709. The first-order valence-electron chi connectivity index (χ1n) is 7.55. The van der Waals surface area contributed by atoms with Gasteiger partial charge in [0.05, 0.1) is 11.6 Å². The van der Waals surface area contributed by atoms with Crippen LogP contribution >= 0.6 is 0 Å². The van der Waals surface area contributed by atoms with Crippen LogP contribution < -0.4 is 5.32 Å². The SMILES string of the molecule is N#CC1=C(Nc2ccccc2)CCN(Cc2ccccc2)C1. The van der Waals surface area contributed by atoms with E-state index in [9.17, 15) is 5.26 Å². The van der Waals surface area contributed by atoms with Gasteiger partial charge < -0.3 is 5.32 Å². The fraction of sp³-hybridized carbons (Fsp3) is 0.211. The van der Waals surface area contributed by atoms with Gasteiger partial charge in [-0.15, -0.1) is 0 Å². The number of benzene rings is 2. The largest absolute Gasteiger partial charge is 0.358 e. The Bertz CT molecular complexity index is 684. The van der Waals surface area contributed by atoms with Gasteiger partial charge in [0, 0.05) is 37.4 Å². The molecule has 0 radical (unpaired) electrons. The number of para-hydroxylation sites is 1. The van der Waals surface area contributed by atoms with Gasteiger partial charge in [-0.1, -0.05) is 48.5 Å². The quantitative estimate of drug-likeness (QED) is 0.931. The van der Waals surface area contributed by atoms with Crippen LogP contribution in [0, 0.1) is 11.3 Å². The summed E-state index contributed by atoms with van der Waals surface area (Å²) in [5.74, 6) is 0. The predicted octanol–water partition coefficient (Wildman–Crippen LogP) is 3.78. The van der Waals surface area contributed by atoms with Gasteiger partial charge in [0.25, 0.3) is 0 Å². The summed E-state index contributed by atoms with van der Waals surface area (Å²) in [6, 6.07) is 22.8. The second-order valence-corrected chi connectivity index (χ2v) is 5.51. The first kappa shape index (κ1) is 14.4. The van der Waals surface area contributed by atoms with E-state index in [2.05, 4.69) is 40.6 Å². The zero-order valence-electron chi connectivity index (χ0n) is 12.5. The van der Waals surface area contributed by atoms with E-state index < -0.39 is 0 Å². The molecule has 2 aromatic rings. The highest BCUT2D eigenvalue weighted by Crippen LogP contribution is 2.21. The van der Waals surface area contributed by atoms with Crippen molar-refractivity contribution in [3.63, 3.8) is 0 Å². The summed E-state index contributed by atoms with van der Waals surface area (Å²) >= 11 is 0.